The van der Waals surface area contributed by atoms with Crippen LogP contribution in [0.5, 0.6) is 0 Å². The predicted octanol–water partition coefficient (Wildman–Crippen LogP) is 2.50. The highest BCUT2D eigenvalue weighted by Crippen LogP contribution is 2.26. The van der Waals surface area contributed by atoms with Gasteiger partial charge in [-0.3, -0.25) is 0 Å². The van der Waals surface area contributed by atoms with Crippen molar-refractivity contribution in [1.29, 1.82) is 0 Å². The molecule has 0 unspecified atom stereocenters. The molecule has 5 nitrogen and oxygen atoms in total. The van der Waals surface area contributed by atoms with Gasteiger partial charge in [0, 0.05) is 6.42 Å². The minimum Gasteiger partial charge on any atom is -0.476 e. The van der Waals surface area contributed by atoms with Gasteiger partial charge in [-0.2, -0.15) is 0 Å². The monoisotopic (exact) mass is 221 g/mol. The predicted molar refractivity (Wildman–Crippen MR) is 55.3 cm³/mol. The molecular formula is C11H11NO4. The van der Waals surface area contributed by atoms with Gasteiger partial charge in [-0.05, 0) is 13.0 Å². The first-order chi connectivity index (χ1) is 7.63. The van der Waals surface area contributed by atoms with Crippen LogP contribution in [0.4, 0.5) is 0 Å². The number of carboxylic acid groups (broad SMARTS) is 1. The van der Waals surface area contributed by atoms with Gasteiger partial charge in [0.25, 0.3) is 0 Å². The molecule has 0 atom stereocenters. The minimum absolute atomic E-state index is 0.0572. The highest BCUT2D eigenvalue weighted by molar-refractivity contribution is 5.87. The summed E-state index contributed by atoms with van der Waals surface area (Å²) in [6, 6.07) is 1.72. The van der Waals surface area contributed by atoms with Crippen molar-refractivity contribution in [2.45, 2.75) is 20.3 Å². The number of oxazole rings is 1. The van der Waals surface area contributed by atoms with Crippen LogP contribution >= 0.6 is 0 Å². The van der Waals surface area contributed by atoms with Crippen LogP contribution in [0.1, 0.15) is 28.9 Å². The van der Waals surface area contributed by atoms with Crippen LogP contribution in [0.3, 0.4) is 0 Å². The lowest BCUT2D eigenvalue weighted by Gasteiger charge is -1.93. The second-order valence-corrected chi connectivity index (χ2v) is 3.34. The van der Waals surface area contributed by atoms with Crippen LogP contribution in [-0.2, 0) is 6.42 Å². The molecule has 2 aromatic rings. The van der Waals surface area contributed by atoms with Crippen molar-refractivity contribution in [3.05, 3.63) is 29.5 Å². The lowest BCUT2D eigenvalue weighted by atomic mass is 10.2. The number of aromatic nitrogens is 1. The standard InChI is InChI=1S/C11H11NO4/c1-3-8-7(4-5-15-8)10-12-9(11(13)14)6(2)16-10/h4-5H,3H2,1-2H3,(H,13,14). The Bertz CT molecular complexity index is 524. The van der Waals surface area contributed by atoms with Crippen LogP contribution in [0, 0.1) is 6.92 Å². The summed E-state index contributed by atoms with van der Waals surface area (Å²) in [6.45, 7) is 3.52. The van der Waals surface area contributed by atoms with Crippen LogP contribution in [-0.4, -0.2) is 16.1 Å². The molecular weight excluding hydrogens is 210 g/mol. The molecule has 0 aliphatic carbocycles. The van der Waals surface area contributed by atoms with Crippen molar-refractivity contribution in [1.82, 2.24) is 4.98 Å². The molecule has 0 fully saturated rings. The van der Waals surface area contributed by atoms with Crippen LogP contribution in [0.25, 0.3) is 11.5 Å². The summed E-state index contributed by atoms with van der Waals surface area (Å²) in [5, 5.41) is 8.86. The maximum absolute atomic E-state index is 10.8. The van der Waals surface area contributed by atoms with Crippen molar-refractivity contribution >= 4 is 5.97 Å². The van der Waals surface area contributed by atoms with E-state index in [4.69, 9.17) is 13.9 Å². The average molecular weight is 221 g/mol. The third-order valence-electron chi connectivity index (χ3n) is 2.30. The van der Waals surface area contributed by atoms with E-state index in [1.807, 2.05) is 6.92 Å². The van der Waals surface area contributed by atoms with E-state index in [9.17, 15) is 4.79 Å². The van der Waals surface area contributed by atoms with E-state index >= 15 is 0 Å². The summed E-state index contributed by atoms with van der Waals surface area (Å²) in [4.78, 5) is 14.7. The van der Waals surface area contributed by atoms with Gasteiger partial charge >= 0.3 is 5.97 Å². The maximum atomic E-state index is 10.8. The number of hydrogen-bond acceptors (Lipinski definition) is 4. The summed E-state index contributed by atoms with van der Waals surface area (Å²) in [5.41, 5.74) is 0.649. The fourth-order valence-corrected chi connectivity index (χ4v) is 1.52. The molecule has 1 N–H and O–H groups in total. The fraction of sp³-hybridized carbons (Fsp3) is 0.273. The van der Waals surface area contributed by atoms with Gasteiger partial charge < -0.3 is 13.9 Å². The summed E-state index contributed by atoms with van der Waals surface area (Å²) < 4.78 is 10.5. The van der Waals surface area contributed by atoms with Gasteiger partial charge in [0.15, 0.2) is 5.69 Å². The Hall–Kier alpha value is -2.04. The second-order valence-electron chi connectivity index (χ2n) is 3.34. The molecule has 16 heavy (non-hydrogen) atoms. The number of nitrogens with zero attached hydrogens (tertiary/aromatic N) is 1. The van der Waals surface area contributed by atoms with Crippen LogP contribution in [0.2, 0.25) is 0 Å². The number of rotatable bonds is 3. The van der Waals surface area contributed by atoms with Gasteiger partial charge in [0.2, 0.25) is 5.89 Å². The molecule has 2 heterocycles. The number of furan rings is 1. The molecule has 0 radical (unpaired) electrons. The van der Waals surface area contributed by atoms with Crippen LogP contribution in [0.15, 0.2) is 21.2 Å². The zero-order valence-corrected chi connectivity index (χ0v) is 8.98. The van der Waals surface area contributed by atoms with Crippen molar-refractivity contribution in [2.24, 2.45) is 0 Å². The smallest absolute Gasteiger partial charge is 0.358 e. The molecule has 2 aromatic heterocycles. The Morgan fingerprint density at radius 2 is 2.31 bits per heavy atom. The van der Waals surface area contributed by atoms with Gasteiger partial charge in [0.05, 0.1) is 11.8 Å². The first kappa shape index (κ1) is 10.5. The van der Waals surface area contributed by atoms with E-state index in [0.29, 0.717) is 23.6 Å². The largest absolute Gasteiger partial charge is 0.476 e. The first-order valence-corrected chi connectivity index (χ1v) is 4.91. The van der Waals surface area contributed by atoms with Crippen LogP contribution < -0.4 is 0 Å². The van der Waals surface area contributed by atoms with Gasteiger partial charge in [-0.25, -0.2) is 9.78 Å². The SMILES string of the molecule is CCc1occc1-c1nc(C(=O)O)c(C)o1. The van der Waals surface area contributed by atoms with E-state index in [1.54, 1.807) is 13.0 Å². The highest BCUT2D eigenvalue weighted by atomic mass is 16.4. The molecule has 0 spiro atoms. The Morgan fingerprint density at radius 1 is 1.56 bits per heavy atom. The lowest BCUT2D eigenvalue weighted by molar-refractivity contribution is 0.0689. The molecule has 0 saturated heterocycles. The third-order valence-corrected chi connectivity index (χ3v) is 2.30. The molecule has 5 heteroatoms. The Labute approximate surface area is 91.7 Å². The number of carboxylic acids is 1. The van der Waals surface area contributed by atoms with Crippen molar-refractivity contribution < 1.29 is 18.7 Å². The maximum Gasteiger partial charge on any atom is 0.358 e. The second kappa shape index (κ2) is 3.84. The van der Waals surface area contributed by atoms with Crippen molar-refractivity contribution in [3.63, 3.8) is 0 Å². The normalized spacial score (nSPS) is 10.6. The molecule has 0 aliphatic rings. The van der Waals surface area contributed by atoms with Gasteiger partial charge in [0.1, 0.15) is 11.5 Å². The Morgan fingerprint density at radius 3 is 2.88 bits per heavy atom. The number of carbonyl (C=O) groups is 1. The highest BCUT2D eigenvalue weighted by Gasteiger charge is 2.19. The van der Waals surface area contributed by atoms with Gasteiger partial charge in [-0.1, -0.05) is 6.92 Å². The Balaban J connectivity index is 2.49. The topological polar surface area (TPSA) is 76.5 Å². The zero-order valence-electron chi connectivity index (χ0n) is 8.98. The van der Waals surface area contributed by atoms with E-state index < -0.39 is 5.97 Å². The third kappa shape index (κ3) is 1.60. The fourth-order valence-electron chi connectivity index (χ4n) is 1.52. The first-order valence-electron chi connectivity index (χ1n) is 4.91. The van der Waals surface area contributed by atoms with Crippen molar-refractivity contribution in [2.75, 3.05) is 0 Å². The van der Waals surface area contributed by atoms with E-state index in [2.05, 4.69) is 4.98 Å². The zero-order chi connectivity index (χ0) is 11.7. The summed E-state index contributed by atoms with van der Waals surface area (Å²) in [6.07, 6.45) is 2.24. The van der Waals surface area contributed by atoms with Crippen molar-refractivity contribution in [3.8, 4) is 11.5 Å². The molecule has 0 saturated carbocycles. The quantitative estimate of drug-likeness (QED) is 0.861. The number of aryl methyl sites for hydroxylation is 2. The summed E-state index contributed by atoms with van der Waals surface area (Å²) in [7, 11) is 0. The van der Waals surface area contributed by atoms with E-state index in [1.165, 1.54) is 6.26 Å². The lowest BCUT2D eigenvalue weighted by Crippen LogP contribution is -1.98. The molecule has 0 aromatic carbocycles. The Kier molecular flexibility index (Phi) is 2.52. The summed E-state index contributed by atoms with van der Waals surface area (Å²) in [5.74, 6) is 0.235. The average Bonchev–Trinajstić information content (AvgIpc) is 2.82. The molecule has 2 rings (SSSR count). The molecule has 84 valence electrons. The van der Waals surface area contributed by atoms with E-state index in [-0.39, 0.29) is 5.69 Å². The number of hydrogen-bond donors (Lipinski definition) is 1. The van der Waals surface area contributed by atoms with E-state index in [0.717, 1.165) is 5.76 Å². The molecule has 0 aliphatic heterocycles. The molecule has 0 amide bonds. The number of aromatic carboxylic acids is 1. The van der Waals surface area contributed by atoms with Gasteiger partial charge in [-0.15, -0.1) is 0 Å². The summed E-state index contributed by atoms with van der Waals surface area (Å²) >= 11 is 0. The minimum atomic E-state index is -1.09. The molecule has 0 bridgehead atoms.